The Morgan fingerprint density at radius 2 is 1.81 bits per heavy atom. The Morgan fingerprint density at radius 3 is 2.43 bits per heavy atom. The molecule has 0 aliphatic rings. The van der Waals surface area contributed by atoms with Crippen molar-refractivity contribution in [1.29, 1.82) is 0 Å². The standard InChI is InChI=1S/C13H11BrCl2N2O2S/c1-7-4-11(16)12(17)6-13(7)21(19,20)18-8-2-3-9(14)10(15)5-8/h2-6,18H,17H2,1H3. The summed E-state index contributed by atoms with van der Waals surface area (Å²) >= 11 is 15.1. The quantitative estimate of drug-likeness (QED) is 0.735. The number of nitrogens with one attached hydrogen (secondary N) is 1. The van der Waals surface area contributed by atoms with Crippen LogP contribution in [0.1, 0.15) is 5.56 Å². The number of anilines is 2. The highest BCUT2D eigenvalue weighted by atomic mass is 79.9. The molecule has 4 nitrogen and oxygen atoms in total. The van der Waals surface area contributed by atoms with Crippen LogP contribution in [-0.2, 0) is 10.0 Å². The topological polar surface area (TPSA) is 72.2 Å². The minimum atomic E-state index is -3.78. The fraction of sp³-hybridized carbons (Fsp3) is 0.0769. The summed E-state index contributed by atoms with van der Waals surface area (Å²) in [4.78, 5) is 0.0726. The van der Waals surface area contributed by atoms with E-state index in [1.807, 2.05) is 0 Å². The lowest BCUT2D eigenvalue weighted by molar-refractivity contribution is 0.600. The van der Waals surface area contributed by atoms with E-state index >= 15 is 0 Å². The number of hydrogen-bond acceptors (Lipinski definition) is 3. The molecule has 0 spiro atoms. The maximum Gasteiger partial charge on any atom is 0.262 e. The smallest absolute Gasteiger partial charge is 0.262 e. The molecule has 21 heavy (non-hydrogen) atoms. The van der Waals surface area contributed by atoms with E-state index in [4.69, 9.17) is 28.9 Å². The van der Waals surface area contributed by atoms with Crippen molar-refractivity contribution in [3.8, 4) is 0 Å². The first-order valence-electron chi connectivity index (χ1n) is 5.74. The summed E-state index contributed by atoms with van der Waals surface area (Å²) in [6.45, 7) is 1.65. The van der Waals surface area contributed by atoms with Crippen molar-refractivity contribution in [2.75, 3.05) is 10.5 Å². The number of hydrogen-bond donors (Lipinski definition) is 2. The molecule has 0 fully saturated rings. The lowest BCUT2D eigenvalue weighted by atomic mass is 10.2. The van der Waals surface area contributed by atoms with Crippen LogP contribution in [0.25, 0.3) is 0 Å². The summed E-state index contributed by atoms with van der Waals surface area (Å²) in [7, 11) is -3.78. The number of aryl methyl sites for hydroxylation is 1. The molecule has 2 aromatic rings. The molecule has 112 valence electrons. The Kier molecular flexibility index (Phi) is 4.72. The Hall–Kier alpha value is -0.950. The molecule has 0 aliphatic heterocycles. The first-order valence-corrected chi connectivity index (χ1v) is 8.77. The highest BCUT2D eigenvalue weighted by molar-refractivity contribution is 9.10. The van der Waals surface area contributed by atoms with Gasteiger partial charge in [-0.3, -0.25) is 4.72 Å². The van der Waals surface area contributed by atoms with Crippen molar-refractivity contribution in [3.63, 3.8) is 0 Å². The average Bonchev–Trinajstić information content (AvgIpc) is 2.37. The molecule has 2 rings (SSSR count). The molecular weight excluding hydrogens is 399 g/mol. The third kappa shape index (κ3) is 3.63. The van der Waals surface area contributed by atoms with Gasteiger partial charge in [-0.25, -0.2) is 8.42 Å². The number of nitrogens with two attached hydrogens (primary N) is 1. The Bertz CT molecular complexity index is 810. The van der Waals surface area contributed by atoms with Gasteiger partial charge in [0.15, 0.2) is 0 Å². The van der Waals surface area contributed by atoms with Gasteiger partial charge >= 0.3 is 0 Å². The fourth-order valence-corrected chi connectivity index (χ4v) is 3.69. The molecule has 0 unspecified atom stereocenters. The predicted molar refractivity (Wildman–Crippen MR) is 90.6 cm³/mol. The van der Waals surface area contributed by atoms with E-state index < -0.39 is 10.0 Å². The van der Waals surface area contributed by atoms with Gasteiger partial charge in [0.2, 0.25) is 0 Å². The largest absolute Gasteiger partial charge is 0.397 e. The molecule has 0 aromatic heterocycles. The third-order valence-electron chi connectivity index (χ3n) is 2.76. The van der Waals surface area contributed by atoms with Crippen LogP contribution in [-0.4, -0.2) is 8.42 Å². The van der Waals surface area contributed by atoms with Crippen LogP contribution in [0.3, 0.4) is 0 Å². The SMILES string of the molecule is Cc1cc(Cl)c(N)cc1S(=O)(=O)Nc1ccc(Br)c(Cl)c1. The summed E-state index contributed by atoms with van der Waals surface area (Å²) < 4.78 is 28.0. The first-order chi connectivity index (χ1) is 9.70. The van der Waals surface area contributed by atoms with E-state index in [2.05, 4.69) is 20.7 Å². The molecule has 0 aliphatic carbocycles. The van der Waals surface area contributed by atoms with Crippen LogP contribution in [0.5, 0.6) is 0 Å². The van der Waals surface area contributed by atoms with Gasteiger partial charge in [-0.15, -0.1) is 0 Å². The zero-order valence-electron chi connectivity index (χ0n) is 10.8. The molecule has 0 atom stereocenters. The number of halogens is 3. The summed E-state index contributed by atoms with van der Waals surface area (Å²) in [5.74, 6) is 0. The van der Waals surface area contributed by atoms with Crippen molar-refractivity contribution < 1.29 is 8.42 Å². The maximum absolute atomic E-state index is 12.4. The number of nitrogen functional groups attached to an aromatic ring is 1. The van der Waals surface area contributed by atoms with E-state index in [0.29, 0.717) is 25.8 Å². The van der Waals surface area contributed by atoms with Crippen LogP contribution in [0.2, 0.25) is 10.0 Å². The van der Waals surface area contributed by atoms with Gasteiger partial charge < -0.3 is 5.73 Å². The van der Waals surface area contributed by atoms with Crippen molar-refractivity contribution in [1.82, 2.24) is 0 Å². The van der Waals surface area contributed by atoms with Crippen molar-refractivity contribution in [3.05, 3.63) is 50.4 Å². The zero-order chi connectivity index (χ0) is 15.8. The lowest BCUT2D eigenvalue weighted by Crippen LogP contribution is -2.14. The highest BCUT2D eigenvalue weighted by Gasteiger charge is 2.19. The Morgan fingerprint density at radius 1 is 1.14 bits per heavy atom. The van der Waals surface area contributed by atoms with Crippen molar-refractivity contribution in [2.24, 2.45) is 0 Å². The fourth-order valence-electron chi connectivity index (χ4n) is 1.73. The van der Waals surface area contributed by atoms with E-state index in [-0.39, 0.29) is 10.6 Å². The van der Waals surface area contributed by atoms with E-state index in [9.17, 15) is 8.42 Å². The Balaban J connectivity index is 2.43. The maximum atomic E-state index is 12.4. The monoisotopic (exact) mass is 408 g/mol. The molecule has 0 bridgehead atoms. The molecule has 0 amide bonds. The molecule has 0 saturated carbocycles. The van der Waals surface area contributed by atoms with Gasteiger partial charge in [-0.05, 0) is 58.7 Å². The molecular formula is C13H11BrCl2N2O2S. The normalized spacial score (nSPS) is 11.4. The summed E-state index contributed by atoms with van der Waals surface area (Å²) in [6, 6.07) is 7.61. The van der Waals surface area contributed by atoms with E-state index in [1.165, 1.54) is 18.2 Å². The average molecular weight is 410 g/mol. The molecule has 2 aromatic carbocycles. The summed E-state index contributed by atoms with van der Waals surface area (Å²) in [5, 5.41) is 0.723. The van der Waals surface area contributed by atoms with Gasteiger partial charge in [0.1, 0.15) is 0 Å². The highest BCUT2D eigenvalue weighted by Crippen LogP contribution is 2.29. The minimum absolute atomic E-state index is 0.0726. The third-order valence-corrected chi connectivity index (χ3v) is 5.84. The molecule has 3 N–H and O–H groups in total. The van der Waals surface area contributed by atoms with Crippen LogP contribution < -0.4 is 10.5 Å². The lowest BCUT2D eigenvalue weighted by Gasteiger charge is -2.12. The second-order valence-electron chi connectivity index (χ2n) is 4.37. The van der Waals surface area contributed by atoms with Crippen molar-refractivity contribution in [2.45, 2.75) is 11.8 Å². The number of rotatable bonds is 3. The van der Waals surface area contributed by atoms with Crippen molar-refractivity contribution >= 4 is 60.5 Å². The van der Waals surface area contributed by atoms with Gasteiger partial charge in [0.05, 0.1) is 26.3 Å². The minimum Gasteiger partial charge on any atom is -0.397 e. The second kappa shape index (κ2) is 6.04. The van der Waals surface area contributed by atoms with Gasteiger partial charge in [-0.2, -0.15) is 0 Å². The molecule has 8 heteroatoms. The summed E-state index contributed by atoms with van der Waals surface area (Å²) in [5.41, 5.74) is 6.74. The predicted octanol–water partition coefficient (Wildman–Crippen LogP) is 4.45. The van der Waals surface area contributed by atoms with Crippen LogP contribution in [0.15, 0.2) is 39.7 Å². The summed E-state index contributed by atoms with van der Waals surface area (Å²) in [6.07, 6.45) is 0. The van der Waals surface area contributed by atoms with Gasteiger partial charge in [0, 0.05) is 4.47 Å². The Labute approximate surface area is 141 Å². The zero-order valence-corrected chi connectivity index (χ0v) is 14.7. The van der Waals surface area contributed by atoms with Gasteiger partial charge in [0.25, 0.3) is 10.0 Å². The molecule has 0 saturated heterocycles. The molecule has 0 heterocycles. The number of benzene rings is 2. The van der Waals surface area contributed by atoms with Crippen LogP contribution in [0, 0.1) is 6.92 Å². The van der Waals surface area contributed by atoms with Crippen LogP contribution >= 0.6 is 39.1 Å². The first kappa shape index (κ1) is 16.4. The van der Waals surface area contributed by atoms with Crippen LogP contribution in [0.4, 0.5) is 11.4 Å². The van der Waals surface area contributed by atoms with E-state index in [1.54, 1.807) is 19.1 Å². The second-order valence-corrected chi connectivity index (χ2v) is 7.69. The van der Waals surface area contributed by atoms with Gasteiger partial charge in [-0.1, -0.05) is 23.2 Å². The van der Waals surface area contributed by atoms with E-state index in [0.717, 1.165) is 0 Å². The molecule has 0 radical (unpaired) electrons. The number of sulfonamides is 1.